The first-order valence-corrected chi connectivity index (χ1v) is 12.8. The molecule has 1 heterocycles. The van der Waals surface area contributed by atoms with Crippen molar-refractivity contribution in [1.29, 1.82) is 0 Å². The van der Waals surface area contributed by atoms with Crippen LogP contribution in [0.2, 0.25) is 0 Å². The van der Waals surface area contributed by atoms with Crippen molar-refractivity contribution in [2.75, 3.05) is 7.11 Å². The van der Waals surface area contributed by atoms with Gasteiger partial charge in [0.2, 0.25) is 0 Å². The van der Waals surface area contributed by atoms with Gasteiger partial charge in [-0.05, 0) is 58.3 Å². The van der Waals surface area contributed by atoms with E-state index < -0.39 is 0 Å². The quantitative estimate of drug-likeness (QED) is 0.205. The summed E-state index contributed by atoms with van der Waals surface area (Å²) in [5.74, 6) is 1.82. The molecule has 0 amide bonds. The summed E-state index contributed by atoms with van der Waals surface area (Å²) < 4.78 is 13.9. The molecule has 5 aromatic rings. The van der Waals surface area contributed by atoms with Gasteiger partial charge in [-0.2, -0.15) is 9.78 Å². The fourth-order valence-corrected chi connectivity index (χ4v) is 4.59. The molecule has 0 unspecified atom stereocenters. The summed E-state index contributed by atoms with van der Waals surface area (Å²) in [6, 6.07) is 25.5. The molecule has 5 rings (SSSR count). The first-order valence-electron chi connectivity index (χ1n) is 12.0. The average Bonchev–Trinajstić information content (AvgIpc) is 2.91. The minimum atomic E-state index is -0.215. The van der Waals surface area contributed by atoms with Gasteiger partial charge in [-0.3, -0.25) is 4.79 Å². The zero-order valence-electron chi connectivity index (χ0n) is 20.8. The van der Waals surface area contributed by atoms with Gasteiger partial charge in [0.1, 0.15) is 12.4 Å². The second-order valence-corrected chi connectivity index (χ2v) is 9.90. The molecule has 6 nitrogen and oxygen atoms in total. The van der Waals surface area contributed by atoms with E-state index in [0.29, 0.717) is 34.8 Å². The zero-order valence-corrected chi connectivity index (χ0v) is 22.4. The lowest BCUT2D eigenvalue weighted by atomic mass is 10.1. The first kappa shape index (κ1) is 24.7. The number of fused-ring (bicyclic) bond motifs is 2. The predicted molar refractivity (Wildman–Crippen MR) is 152 cm³/mol. The van der Waals surface area contributed by atoms with Gasteiger partial charge < -0.3 is 9.47 Å². The number of benzene rings is 4. The van der Waals surface area contributed by atoms with E-state index >= 15 is 0 Å². The Labute approximate surface area is 223 Å². The van der Waals surface area contributed by atoms with Crippen LogP contribution in [0.1, 0.15) is 36.7 Å². The van der Waals surface area contributed by atoms with Gasteiger partial charge in [0.15, 0.2) is 11.5 Å². The Morgan fingerprint density at radius 3 is 2.59 bits per heavy atom. The minimum Gasteiger partial charge on any atom is -0.493 e. The Kier molecular flexibility index (Phi) is 7.06. The standard InChI is InChI=1S/C30H26BrN3O3/c1-19(2)29-33-26-13-12-23(31)16-25(26)30(35)34(29)32-17-20-11-14-27(28(15-20)36-3)37-18-22-9-6-8-21-7-4-5-10-24(21)22/h4-17,19H,18H2,1-3H3. The van der Waals surface area contributed by atoms with Gasteiger partial charge in [0.05, 0.1) is 24.2 Å². The van der Waals surface area contributed by atoms with Crippen molar-refractivity contribution in [2.24, 2.45) is 5.10 Å². The number of hydrogen-bond donors (Lipinski definition) is 0. The third kappa shape index (κ3) is 5.13. The van der Waals surface area contributed by atoms with E-state index in [-0.39, 0.29) is 11.5 Å². The number of nitrogens with zero attached hydrogens (tertiary/aromatic N) is 3. The Hall–Kier alpha value is -3.97. The SMILES string of the molecule is COc1cc(C=Nn2c(C(C)C)nc3ccc(Br)cc3c2=O)ccc1OCc1cccc2ccccc12. The molecule has 0 spiro atoms. The van der Waals surface area contributed by atoms with Crippen molar-refractivity contribution >= 4 is 43.8 Å². The highest BCUT2D eigenvalue weighted by molar-refractivity contribution is 9.10. The predicted octanol–water partition coefficient (Wildman–Crippen LogP) is 6.91. The van der Waals surface area contributed by atoms with Crippen molar-refractivity contribution in [3.8, 4) is 11.5 Å². The van der Waals surface area contributed by atoms with E-state index in [1.54, 1.807) is 19.4 Å². The van der Waals surface area contributed by atoms with Crippen molar-refractivity contribution < 1.29 is 9.47 Å². The van der Waals surface area contributed by atoms with Crippen LogP contribution in [0, 0.1) is 0 Å². The summed E-state index contributed by atoms with van der Waals surface area (Å²) >= 11 is 3.44. The van der Waals surface area contributed by atoms with Crippen LogP contribution in [0.25, 0.3) is 21.7 Å². The van der Waals surface area contributed by atoms with Crippen LogP contribution in [0.5, 0.6) is 11.5 Å². The molecule has 186 valence electrons. The molecule has 0 radical (unpaired) electrons. The summed E-state index contributed by atoms with van der Waals surface area (Å²) in [4.78, 5) is 18.0. The maximum atomic E-state index is 13.3. The molecule has 0 aliphatic heterocycles. The molecular weight excluding hydrogens is 530 g/mol. The van der Waals surface area contributed by atoms with E-state index in [0.717, 1.165) is 21.0 Å². The Morgan fingerprint density at radius 2 is 1.78 bits per heavy atom. The molecule has 4 aromatic carbocycles. The molecule has 0 aliphatic carbocycles. The number of rotatable bonds is 7. The highest BCUT2D eigenvalue weighted by Crippen LogP contribution is 2.29. The smallest absolute Gasteiger partial charge is 0.282 e. The Balaban J connectivity index is 1.44. The van der Waals surface area contributed by atoms with Crippen molar-refractivity contribution in [3.63, 3.8) is 0 Å². The molecule has 0 bridgehead atoms. The Bertz CT molecular complexity index is 1690. The third-order valence-corrected chi connectivity index (χ3v) is 6.62. The number of ether oxygens (including phenoxy) is 2. The lowest BCUT2D eigenvalue weighted by Crippen LogP contribution is -2.23. The van der Waals surface area contributed by atoms with Crippen LogP contribution >= 0.6 is 15.9 Å². The summed E-state index contributed by atoms with van der Waals surface area (Å²) in [5, 5.41) is 7.36. The fraction of sp³-hybridized carbons (Fsp3) is 0.167. The molecular formula is C30H26BrN3O3. The lowest BCUT2D eigenvalue weighted by molar-refractivity contribution is 0.285. The van der Waals surface area contributed by atoms with Crippen LogP contribution < -0.4 is 15.0 Å². The maximum absolute atomic E-state index is 13.3. The minimum absolute atomic E-state index is 0.0114. The van der Waals surface area contributed by atoms with E-state index in [4.69, 9.17) is 14.5 Å². The summed E-state index contributed by atoms with van der Waals surface area (Å²) in [5.41, 5.74) is 2.30. The highest BCUT2D eigenvalue weighted by atomic mass is 79.9. The number of aromatic nitrogens is 2. The molecule has 1 aromatic heterocycles. The molecule has 37 heavy (non-hydrogen) atoms. The van der Waals surface area contributed by atoms with Crippen LogP contribution in [0.15, 0.2) is 93.2 Å². The normalized spacial score (nSPS) is 11.6. The lowest BCUT2D eigenvalue weighted by Gasteiger charge is -2.13. The van der Waals surface area contributed by atoms with Gasteiger partial charge >= 0.3 is 0 Å². The molecule has 0 fully saturated rings. The van der Waals surface area contributed by atoms with Crippen LogP contribution in [-0.4, -0.2) is 23.0 Å². The Morgan fingerprint density at radius 1 is 0.973 bits per heavy atom. The van der Waals surface area contributed by atoms with E-state index in [2.05, 4.69) is 45.3 Å². The van der Waals surface area contributed by atoms with E-state index in [9.17, 15) is 4.79 Å². The van der Waals surface area contributed by atoms with Gasteiger partial charge in [-0.15, -0.1) is 0 Å². The molecule has 0 saturated carbocycles. The van der Waals surface area contributed by atoms with Gasteiger partial charge in [0, 0.05) is 10.4 Å². The monoisotopic (exact) mass is 555 g/mol. The highest BCUT2D eigenvalue weighted by Gasteiger charge is 2.14. The summed E-state index contributed by atoms with van der Waals surface area (Å²) in [7, 11) is 1.60. The van der Waals surface area contributed by atoms with Gasteiger partial charge in [-0.1, -0.05) is 72.2 Å². The van der Waals surface area contributed by atoms with Crippen molar-refractivity contribution in [3.05, 3.63) is 111 Å². The topological polar surface area (TPSA) is 65.7 Å². The zero-order chi connectivity index (χ0) is 25.9. The molecule has 0 N–H and O–H groups in total. The molecule has 7 heteroatoms. The van der Waals surface area contributed by atoms with E-state index in [1.807, 2.05) is 62.4 Å². The molecule has 0 saturated heterocycles. The second kappa shape index (κ2) is 10.6. The van der Waals surface area contributed by atoms with Crippen molar-refractivity contribution in [1.82, 2.24) is 9.66 Å². The fourth-order valence-electron chi connectivity index (χ4n) is 4.23. The van der Waals surface area contributed by atoms with Crippen molar-refractivity contribution in [2.45, 2.75) is 26.4 Å². The van der Waals surface area contributed by atoms with Crippen LogP contribution in [0.4, 0.5) is 0 Å². The van der Waals surface area contributed by atoms with Gasteiger partial charge in [0.25, 0.3) is 5.56 Å². The maximum Gasteiger partial charge on any atom is 0.282 e. The van der Waals surface area contributed by atoms with Crippen LogP contribution in [-0.2, 0) is 6.61 Å². The summed E-state index contributed by atoms with van der Waals surface area (Å²) in [6.07, 6.45) is 1.63. The second-order valence-electron chi connectivity index (χ2n) is 8.98. The molecule has 0 atom stereocenters. The number of hydrogen-bond acceptors (Lipinski definition) is 5. The largest absolute Gasteiger partial charge is 0.493 e. The van der Waals surface area contributed by atoms with Gasteiger partial charge in [-0.25, -0.2) is 4.98 Å². The van der Waals surface area contributed by atoms with E-state index in [1.165, 1.54) is 10.1 Å². The summed E-state index contributed by atoms with van der Waals surface area (Å²) in [6.45, 7) is 4.39. The third-order valence-electron chi connectivity index (χ3n) is 6.12. The first-order chi connectivity index (χ1) is 17.9. The molecule has 0 aliphatic rings. The number of methoxy groups -OCH3 is 1. The average molecular weight is 556 g/mol. The van der Waals surface area contributed by atoms with Crippen LogP contribution in [0.3, 0.4) is 0 Å². The number of halogens is 1.